The molecule has 0 saturated carbocycles. The van der Waals surface area contributed by atoms with Crippen LogP contribution in [0.5, 0.6) is 5.75 Å². The van der Waals surface area contributed by atoms with Crippen molar-refractivity contribution < 1.29 is 33.2 Å². The smallest absolute Gasteiger partial charge is 0.313 e. The molecule has 0 N–H and O–H groups in total. The van der Waals surface area contributed by atoms with Gasteiger partial charge < -0.3 is 28.4 Å². The van der Waals surface area contributed by atoms with Crippen LogP contribution in [0.1, 0.15) is 18.4 Å². The van der Waals surface area contributed by atoms with E-state index in [0.29, 0.717) is 52.8 Å². The second kappa shape index (κ2) is 16.4. The largest absolute Gasteiger partial charge is 0.497 e. The van der Waals surface area contributed by atoms with Crippen molar-refractivity contribution in [3.05, 3.63) is 42.0 Å². The quantitative estimate of drug-likeness (QED) is 0.240. The molecule has 0 saturated heterocycles. The van der Waals surface area contributed by atoms with Crippen LogP contribution in [0.2, 0.25) is 0 Å². The van der Waals surface area contributed by atoms with Crippen LogP contribution in [0.15, 0.2) is 36.4 Å². The molecule has 190 valence electrons. The Kier molecular flexibility index (Phi) is 13.5. The first kappa shape index (κ1) is 28.0. The van der Waals surface area contributed by atoms with E-state index in [9.17, 15) is 4.79 Å². The SMILES string of the molecule is COCCOCCN(CCOCCOC)CCOC(=O)C(C)c1ccc2cc(OC)ccc2c1. The van der Waals surface area contributed by atoms with E-state index in [1.54, 1.807) is 21.3 Å². The van der Waals surface area contributed by atoms with Gasteiger partial charge >= 0.3 is 5.97 Å². The Morgan fingerprint density at radius 1 is 0.765 bits per heavy atom. The zero-order chi connectivity index (χ0) is 24.6. The Hall–Kier alpha value is -2.23. The van der Waals surface area contributed by atoms with Crippen molar-refractivity contribution >= 4 is 16.7 Å². The zero-order valence-corrected chi connectivity index (χ0v) is 20.9. The maximum Gasteiger partial charge on any atom is 0.313 e. The lowest BCUT2D eigenvalue weighted by Crippen LogP contribution is -2.35. The highest BCUT2D eigenvalue weighted by molar-refractivity contribution is 5.86. The number of nitrogens with zero attached hydrogens (tertiary/aromatic N) is 1. The first-order valence-corrected chi connectivity index (χ1v) is 11.7. The van der Waals surface area contributed by atoms with Crippen molar-refractivity contribution in [2.24, 2.45) is 0 Å². The maximum absolute atomic E-state index is 12.7. The zero-order valence-electron chi connectivity index (χ0n) is 20.9. The lowest BCUT2D eigenvalue weighted by atomic mass is 9.98. The standard InChI is InChI=1S/C26H39NO7/c1-21(22-5-6-24-20-25(31-4)8-7-23(24)19-22)26(28)34-14-11-27(9-12-32-17-15-29-2)10-13-33-18-16-30-3/h5-8,19-21H,9-18H2,1-4H3. The Morgan fingerprint density at radius 3 is 1.97 bits per heavy atom. The van der Waals surface area contributed by atoms with Gasteiger partial charge in [-0.15, -0.1) is 0 Å². The number of esters is 1. The van der Waals surface area contributed by atoms with Gasteiger partial charge in [0.15, 0.2) is 0 Å². The molecule has 0 radical (unpaired) electrons. The molecular formula is C26H39NO7. The van der Waals surface area contributed by atoms with Crippen molar-refractivity contribution in [2.75, 3.05) is 87.2 Å². The Labute approximate surface area is 203 Å². The van der Waals surface area contributed by atoms with Crippen LogP contribution in [-0.2, 0) is 28.5 Å². The normalized spacial score (nSPS) is 12.3. The molecule has 0 spiro atoms. The fourth-order valence-corrected chi connectivity index (χ4v) is 3.39. The average Bonchev–Trinajstić information content (AvgIpc) is 2.86. The van der Waals surface area contributed by atoms with E-state index in [4.69, 9.17) is 28.4 Å². The van der Waals surface area contributed by atoms with Gasteiger partial charge in [-0.25, -0.2) is 0 Å². The van der Waals surface area contributed by atoms with Crippen molar-refractivity contribution in [1.82, 2.24) is 4.90 Å². The predicted molar refractivity (Wildman–Crippen MR) is 132 cm³/mol. The summed E-state index contributed by atoms with van der Waals surface area (Å²) >= 11 is 0. The molecule has 8 nitrogen and oxygen atoms in total. The number of fused-ring (bicyclic) bond motifs is 1. The number of carbonyl (C=O) groups excluding carboxylic acids is 1. The van der Waals surface area contributed by atoms with Crippen molar-refractivity contribution in [3.63, 3.8) is 0 Å². The molecule has 0 aromatic heterocycles. The third-order valence-corrected chi connectivity index (χ3v) is 5.54. The van der Waals surface area contributed by atoms with Crippen LogP contribution < -0.4 is 4.74 Å². The van der Waals surface area contributed by atoms with Crippen LogP contribution in [0.25, 0.3) is 10.8 Å². The van der Waals surface area contributed by atoms with Crippen LogP contribution in [0.3, 0.4) is 0 Å². The average molecular weight is 478 g/mol. The Bertz CT molecular complexity index is 831. The molecule has 0 aliphatic heterocycles. The van der Waals surface area contributed by atoms with Gasteiger partial charge in [-0.1, -0.05) is 24.3 Å². The molecular weight excluding hydrogens is 438 g/mol. The van der Waals surface area contributed by atoms with E-state index >= 15 is 0 Å². The topological polar surface area (TPSA) is 75.7 Å². The first-order chi connectivity index (χ1) is 16.6. The van der Waals surface area contributed by atoms with E-state index in [1.165, 1.54) is 0 Å². The predicted octanol–water partition coefficient (Wildman–Crippen LogP) is 3.12. The molecule has 0 amide bonds. The number of benzene rings is 2. The van der Waals surface area contributed by atoms with Gasteiger partial charge in [0.2, 0.25) is 0 Å². The summed E-state index contributed by atoms with van der Waals surface area (Å²) in [6.45, 7) is 7.63. The number of carbonyl (C=O) groups is 1. The number of hydrogen-bond acceptors (Lipinski definition) is 8. The lowest BCUT2D eigenvalue weighted by molar-refractivity contribution is -0.145. The number of rotatable bonds is 18. The second-order valence-electron chi connectivity index (χ2n) is 7.91. The molecule has 0 bridgehead atoms. The van der Waals surface area contributed by atoms with Gasteiger partial charge in [0, 0.05) is 33.9 Å². The van der Waals surface area contributed by atoms with E-state index in [-0.39, 0.29) is 11.9 Å². The monoisotopic (exact) mass is 477 g/mol. The van der Waals surface area contributed by atoms with Gasteiger partial charge in [-0.05, 0) is 35.4 Å². The van der Waals surface area contributed by atoms with Crippen LogP contribution in [-0.4, -0.2) is 98.1 Å². The first-order valence-electron chi connectivity index (χ1n) is 11.7. The third-order valence-electron chi connectivity index (χ3n) is 5.54. The number of ether oxygens (including phenoxy) is 6. The number of hydrogen-bond donors (Lipinski definition) is 0. The van der Waals surface area contributed by atoms with Crippen molar-refractivity contribution in [3.8, 4) is 5.75 Å². The van der Waals surface area contributed by atoms with Crippen LogP contribution in [0, 0.1) is 0 Å². The molecule has 1 atom stereocenters. The lowest BCUT2D eigenvalue weighted by Gasteiger charge is -2.22. The van der Waals surface area contributed by atoms with E-state index in [0.717, 1.165) is 35.2 Å². The Morgan fingerprint density at radius 2 is 1.35 bits per heavy atom. The Balaban J connectivity index is 1.83. The summed E-state index contributed by atoms with van der Waals surface area (Å²) < 4.78 is 32.0. The highest BCUT2D eigenvalue weighted by Crippen LogP contribution is 2.25. The summed E-state index contributed by atoms with van der Waals surface area (Å²) in [5, 5.41) is 2.13. The highest BCUT2D eigenvalue weighted by Gasteiger charge is 2.18. The van der Waals surface area contributed by atoms with Crippen LogP contribution in [0.4, 0.5) is 0 Å². The molecule has 2 rings (SSSR count). The minimum absolute atomic E-state index is 0.236. The fraction of sp³-hybridized carbons (Fsp3) is 0.577. The van der Waals surface area contributed by atoms with E-state index in [1.807, 2.05) is 43.3 Å². The molecule has 8 heteroatoms. The van der Waals surface area contributed by atoms with Crippen molar-refractivity contribution in [1.29, 1.82) is 0 Å². The van der Waals surface area contributed by atoms with Gasteiger partial charge in [0.05, 0.1) is 52.7 Å². The summed E-state index contributed by atoms with van der Waals surface area (Å²) in [6.07, 6.45) is 0. The molecule has 34 heavy (non-hydrogen) atoms. The van der Waals surface area contributed by atoms with Crippen LogP contribution >= 0.6 is 0 Å². The van der Waals surface area contributed by atoms with Gasteiger partial charge in [-0.2, -0.15) is 0 Å². The summed E-state index contributed by atoms with van der Waals surface area (Å²) in [6, 6.07) is 11.9. The molecule has 2 aromatic rings. The second-order valence-corrected chi connectivity index (χ2v) is 7.91. The minimum Gasteiger partial charge on any atom is -0.497 e. The highest BCUT2D eigenvalue weighted by atomic mass is 16.5. The van der Waals surface area contributed by atoms with E-state index in [2.05, 4.69) is 4.90 Å². The van der Waals surface area contributed by atoms with Gasteiger partial charge in [0.25, 0.3) is 0 Å². The fourth-order valence-electron chi connectivity index (χ4n) is 3.39. The molecule has 0 aliphatic rings. The molecule has 0 aliphatic carbocycles. The molecule has 0 heterocycles. The minimum atomic E-state index is -0.352. The maximum atomic E-state index is 12.7. The molecule has 0 fully saturated rings. The summed E-state index contributed by atoms with van der Waals surface area (Å²) in [7, 11) is 4.95. The summed E-state index contributed by atoms with van der Waals surface area (Å²) in [4.78, 5) is 14.9. The van der Waals surface area contributed by atoms with E-state index < -0.39 is 0 Å². The third kappa shape index (κ3) is 9.95. The summed E-state index contributed by atoms with van der Waals surface area (Å²) in [5.74, 6) is 0.223. The number of methoxy groups -OCH3 is 3. The van der Waals surface area contributed by atoms with Gasteiger partial charge in [-0.3, -0.25) is 9.69 Å². The van der Waals surface area contributed by atoms with Gasteiger partial charge in [0.1, 0.15) is 12.4 Å². The van der Waals surface area contributed by atoms with Crippen molar-refractivity contribution in [2.45, 2.75) is 12.8 Å². The molecule has 2 aromatic carbocycles. The summed E-state index contributed by atoms with van der Waals surface area (Å²) in [5.41, 5.74) is 0.928. The molecule has 1 unspecified atom stereocenters.